The quantitative estimate of drug-likeness (QED) is 0.505. The standard InChI is InChI=1S/C15H22N2O3/c1-14(2,3)20-13(18)17-15(4,11-16-19)10-12-8-6-5-7-9-12/h5-9,11,19H,10H2,1-4H3,(H,17,18). The fourth-order valence-corrected chi connectivity index (χ4v) is 1.81. The van der Waals surface area contributed by atoms with Crippen LogP contribution in [0.25, 0.3) is 0 Å². The highest BCUT2D eigenvalue weighted by Gasteiger charge is 2.28. The van der Waals surface area contributed by atoms with Gasteiger partial charge < -0.3 is 15.3 Å². The molecule has 0 aliphatic carbocycles. The van der Waals surface area contributed by atoms with Gasteiger partial charge in [0.15, 0.2) is 0 Å². The Hall–Kier alpha value is -2.04. The predicted molar refractivity (Wildman–Crippen MR) is 78.2 cm³/mol. The summed E-state index contributed by atoms with van der Waals surface area (Å²) >= 11 is 0. The molecule has 1 atom stereocenters. The molecule has 2 N–H and O–H groups in total. The fourth-order valence-electron chi connectivity index (χ4n) is 1.81. The number of rotatable bonds is 4. The van der Waals surface area contributed by atoms with Crippen molar-refractivity contribution in [2.24, 2.45) is 5.16 Å². The number of carbonyl (C=O) groups is 1. The summed E-state index contributed by atoms with van der Waals surface area (Å²) in [4.78, 5) is 11.9. The molecule has 5 heteroatoms. The zero-order valence-electron chi connectivity index (χ0n) is 12.4. The Labute approximate surface area is 119 Å². The number of hydrogen-bond donors (Lipinski definition) is 2. The van der Waals surface area contributed by atoms with Gasteiger partial charge in [-0.2, -0.15) is 0 Å². The lowest BCUT2D eigenvalue weighted by atomic mass is 9.94. The lowest BCUT2D eigenvalue weighted by molar-refractivity contribution is 0.0492. The Morgan fingerprint density at radius 1 is 1.30 bits per heavy atom. The molecule has 1 aromatic carbocycles. The van der Waals surface area contributed by atoms with E-state index in [1.165, 1.54) is 6.21 Å². The summed E-state index contributed by atoms with van der Waals surface area (Å²) < 4.78 is 5.22. The molecule has 0 saturated carbocycles. The van der Waals surface area contributed by atoms with Gasteiger partial charge in [-0.3, -0.25) is 0 Å². The number of oxime groups is 1. The highest BCUT2D eigenvalue weighted by molar-refractivity contribution is 5.78. The normalized spacial score (nSPS) is 14.8. The molecule has 1 rings (SSSR count). The molecular weight excluding hydrogens is 256 g/mol. The molecule has 5 nitrogen and oxygen atoms in total. The molecule has 0 aliphatic heterocycles. The van der Waals surface area contributed by atoms with Crippen molar-refractivity contribution in [2.75, 3.05) is 0 Å². The number of amides is 1. The van der Waals surface area contributed by atoms with E-state index in [0.29, 0.717) is 6.42 Å². The molecule has 1 unspecified atom stereocenters. The summed E-state index contributed by atoms with van der Waals surface area (Å²) in [6, 6.07) is 9.64. The van der Waals surface area contributed by atoms with E-state index in [-0.39, 0.29) is 0 Å². The number of hydrogen-bond acceptors (Lipinski definition) is 4. The lowest BCUT2D eigenvalue weighted by Crippen LogP contribution is -2.50. The van der Waals surface area contributed by atoms with E-state index >= 15 is 0 Å². The first kappa shape index (κ1) is 16.0. The number of benzene rings is 1. The van der Waals surface area contributed by atoms with Gasteiger partial charge in [0.25, 0.3) is 0 Å². The van der Waals surface area contributed by atoms with Crippen LogP contribution in [0.5, 0.6) is 0 Å². The van der Waals surface area contributed by atoms with Crippen LogP contribution in [-0.2, 0) is 11.2 Å². The van der Waals surface area contributed by atoms with Crippen molar-refractivity contribution in [1.82, 2.24) is 5.32 Å². The first-order chi connectivity index (χ1) is 9.24. The number of nitrogens with one attached hydrogen (secondary N) is 1. The molecule has 0 fully saturated rings. The summed E-state index contributed by atoms with van der Waals surface area (Å²) in [7, 11) is 0. The van der Waals surface area contributed by atoms with Gasteiger partial charge in [0.2, 0.25) is 0 Å². The molecule has 20 heavy (non-hydrogen) atoms. The van der Waals surface area contributed by atoms with Crippen molar-refractivity contribution in [3.8, 4) is 0 Å². The van der Waals surface area contributed by atoms with Crippen molar-refractivity contribution < 1.29 is 14.7 Å². The van der Waals surface area contributed by atoms with E-state index in [0.717, 1.165) is 5.56 Å². The summed E-state index contributed by atoms with van der Waals surface area (Å²) in [6.45, 7) is 7.15. The Morgan fingerprint density at radius 2 is 1.90 bits per heavy atom. The van der Waals surface area contributed by atoms with Gasteiger partial charge in [-0.1, -0.05) is 35.5 Å². The van der Waals surface area contributed by atoms with Crippen molar-refractivity contribution in [1.29, 1.82) is 0 Å². The van der Waals surface area contributed by atoms with Crippen LogP contribution >= 0.6 is 0 Å². The SMILES string of the molecule is CC(C=NO)(Cc1ccccc1)NC(=O)OC(C)(C)C. The van der Waals surface area contributed by atoms with Gasteiger partial charge in [0.05, 0.1) is 11.8 Å². The van der Waals surface area contributed by atoms with E-state index < -0.39 is 17.2 Å². The number of ether oxygens (including phenoxy) is 1. The number of nitrogens with zero attached hydrogens (tertiary/aromatic N) is 1. The maximum Gasteiger partial charge on any atom is 0.408 e. The molecular formula is C15H22N2O3. The number of carbonyl (C=O) groups excluding carboxylic acids is 1. The monoisotopic (exact) mass is 278 g/mol. The second-order valence-electron chi connectivity index (χ2n) is 5.95. The Morgan fingerprint density at radius 3 is 2.40 bits per heavy atom. The van der Waals surface area contributed by atoms with Crippen LogP contribution < -0.4 is 5.32 Å². The van der Waals surface area contributed by atoms with E-state index in [9.17, 15) is 4.79 Å². The molecule has 0 aliphatic rings. The van der Waals surface area contributed by atoms with Gasteiger partial charge in [0, 0.05) is 6.42 Å². The summed E-state index contributed by atoms with van der Waals surface area (Å²) in [5.41, 5.74) is -0.377. The zero-order chi connectivity index (χ0) is 15.2. The van der Waals surface area contributed by atoms with E-state index in [2.05, 4.69) is 10.5 Å². The average molecular weight is 278 g/mol. The first-order valence-electron chi connectivity index (χ1n) is 6.48. The van der Waals surface area contributed by atoms with Gasteiger partial charge in [-0.15, -0.1) is 0 Å². The Bertz CT molecular complexity index is 466. The zero-order valence-corrected chi connectivity index (χ0v) is 12.4. The predicted octanol–water partition coefficient (Wildman–Crippen LogP) is 2.97. The molecule has 0 saturated heterocycles. The average Bonchev–Trinajstić information content (AvgIpc) is 2.26. The van der Waals surface area contributed by atoms with Crippen molar-refractivity contribution in [2.45, 2.75) is 45.3 Å². The molecule has 0 heterocycles. The van der Waals surface area contributed by atoms with Crippen LogP contribution in [0, 0.1) is 0 Å². The van der Waals surface area contributed by atoms with Crippen LogP contribution in [0.3, 0.4) is 0 Å². The minimum atomic E-state index is -0.821. The molecule has 0 aromatic heterocycles. The maximum absolute atomic E-state index is 11.9. The molecule has 0 radical (unpaired) electrons. The van der Waals surface area contributed by atoms with Crippen LogP contribution in [0.2, 0.25) is 0 Å². The third kappa shape index (κ3) is 5.73. The van der Waals surface area contributed by atoms with Crippen molar-refractivity contribution in [3.63, 3.8) is 0 Å². The minimum Gasteiger partial charge on any atom is -0.444 e. The molecule has 0 bridgehead atoms. The van der Waals surface area contributed by atoms with E-state index in [4.69, 9.17) is 9.94 Å². The van der Waals surface area contributed by atoms with Gasteiger partial charge in [-0.05, 0) is 33.3 Å². The van der Waals surface area contributed by atoms with Crippen molar-refractivity contribution in [3.05, 3.63) is 35.9 Å². The van der Waals surface area contributed by atoms with Gasteiger partial charge in [0.1, 0.15) is 5.60 Å². The van der Waals surface area contributed by atoms with Gasteiger partial charge in [-0.25, -0.2) is 4.79 Å². The van der Waals surface area contributed by atoms with E-state index in [1.807, 2.05) is 30.3 Å². The second-order valence-corrected chi connectivity index (χ2v) is 5.95. The second kappa shape index (κ2) is 6.41. The van der Waals surface area contributed by atoms with Crippen LogP contribution in [-0.4, -0.2) is 28.7 Å². The van der Waals surface area contributed by atoms with Crippen LogP contribution in [0.15, 0.2) is 35.5 Å². The topological polar surface area (TPSA) is 70.9 Å². The van der Waals surface area contributed by atoms with Crippen LogP contribution in [0.1, 0.15) is 33.3 Å². The fraction of sp³-hybridized carbons (Fsp3) is 0.467. The smallest absolute Gasteiger partial charge is 0.408 e. The molecule has 1 aromatic rings. The molecule has 0 spiro atoms. The third-order valence-electron chi connectivity index (χ3n) is 2.54. The highest BCUT2D eigenvalue weighted by Crippen LogP contribution is 2.14. The van der Waals surface area contributed by atoms with Crippen molar-refractivity contribution >= 4 is 12.3 Å². The largest absolute Gasteiger partial charge is 0.444 e. The molecule has 110 valence electrons. The minimum absolute atomic E-state index is 0.497. The lowest BCUT2D eigenvalue weighted by Gasteiger charge is -2.28. The van der Waals surface area contributed by atoms with Gasteiger partial charge >= 0.3 is 6.09 Å². The Kier molecular flexibility index (Phi) is 5.13. The van der Waals surface area contributed by atoms with E-state index in [1.54, 1.807) is 27.7 Å². The summed E-state index contributed by atoms with van der Waals surface area (Å²) in [5, 5.41) is 14.6. The highest BCUT2D eigenvalue weighted by atomic mass is 16.6. The first-order valence-corrected chi connectivity index (χ1v) is 6.48. The summed E-state index contributed by atoms with van der Waals surface area (Å²) in [6.07, 6.45) is 1.25. The maximum atomic E-state index is 11.9. The Balaban J connectivity index is 2.79. The number of alkyl carbamates (subject to hydrolysis) is 1. The van der Waals surface area contributed by atoms with Crippen LogP contribution in [0.4, 0.5) is 4.79 Å². The third-order valence-corrected chi connectivity index (χ3v) is 2.54. The summed E-state index contributed by atoms with van der Waals surface area (Å²) in [5.74, 6) is 0. The molecule has 1 amide bonds.